The largest absolute Gasteiger partial charge is 0.497 e. The average molecular weight is 496 g/mol. The molecule has 0 N–H and O–H groups in total. The highest BCUT2D eigenvalue weighted by Crippen LogP contribution is 2.34. The molecule has 0 radical (unpaired) electrons. The van der Waals surface area contributed by atoms with Crippen molar-refractivity contribution in [2.75, 3.05) is 17.8 Å². The molecule has 0 atom stereocenters. The zero-order chi connectivity index (χ0) is 24.3. The average Bonchev–Trinajstić information content (AvgIpc) is 3.31. The maximum Gasteiger partial charge on any atom is 0.230 e. The fourth-order valence-corrected chi connectivity index (χ4v) is 5.91. The second-order valence-electron chi connectivity index (χ2n) is 7.95. The number of benzene rings is 2. The number of anilines is 1. The predicted octanol–water partition coefficient (Wildman–Crippen LogP) is 4.71. The third-order valence-corrected chi connectivity index (χ3v) is 8.50. The molecule has 0 spiro atoms. The number of amides is 1. The van der Waals surface area contributed by atoms with Crippen LogP contribution in [0, 0.1) is 13.8 Å². The van der Waals surface area contributed by atoms with Gasteiger partial charge in [0.1, 0.15) is 5.75 Å². The topological polar surface area (TPSA) is 89.5 Å². The molecule has 176 valence electrons. The SMILES string of the molecule is COc1ccc(S(=O)(=O)CCC(=O)N(Cc2ccncc2)c2nc3c(C)ccc(C)c3s2)cc1. The number of methoxy groups -OCH3 is 1. The van der Waals surface area contributed by atoms with Gasteiger partial charge in [-0.25, -0.2) is 13.4 Å². The minimum atomic E-state index is -3.64. The van der Waals surface area contributed by atoms with E-state index in [1.165, 1.54) is 30.6 Å². The molecule has 0 aliphatic carbocycles. The van der Waals surface area contributed by atoms with Crippen LogP contribution in [0.4, 0.5) is 5.13 Å². The molecule has 4 rings (SSSR count). The van der Waals surface area contributed by atoms with Gasteiger partial charge in [0, 0.05) is 18.8 Å². The number of rotatable bonds is 8. The lowest BCUT2D eigenvalue weighted by Crippen LogP contribution is -2.31. The molecule has 7 nitrogen and oxygen atoms in total. The number of pyridine rings is 1. The third-order valence-electron chi connectivity index (χ3n) is 5.56. The second kappa shape index (κ2) is 9.90. The Morgan fingerprint density at radius 1 is 1.00 bits per heavy atom. The summed E-state index contributed by atoms with van der Waals surface area (Å²) >= 11 is 1.44. The second-order valence-corrected chi connectivity index (χ2v) is 11.0. The van der Waals surface area contributed by atoms with E-state index in [4.69, 9.17) is 9.72 Å². The molecular formula is C25H25N3O4S2. The summed E-state index contributed by atoms with van der Waals surface area (Å²) in [6, 6.07) is 13.9. The molecular weight excluding hydrogens is 470 g/mol. The Bertz CT molecular complexity index is 1380. The van der Waals surface area contributed by atoms with Gasteiger partial charge in [0.15, 0.2) is 15.0 Å². The van der Waals surface area contributed by atoms with Crippen molar-refractivity contribution in [1.82, 2.24) is 9.97 Å². The number of aryl methyl sites for hydroxylation is 2. The molecule has 0 fully saturated rings. The van der Waals surface area contributed by atoms with E-state index in [1.807, 2.05) is 38.1 Å². The molecule has 1 amide bonds. The minimum absolute atomic E-state index is 0.159. The van der Waals surface area contributed by atoms with E-state index in [-0.39, 0.29) is 29.5 Å². The summed E-state index contributed by atoms with van der Waals surface area (Å²) in [6.07, 6.45) is 3.17. The van der Waals surface area contributed by atoms with Crippen LogP contribution in [0.25, 0.3) is 10.2 Å². The van der Waals surface area contributed by atoms with Crippen molar-refractivity contribution in [2.24, 2.45) is 0 Å². The van der Waals surface area contributed by atoms with Gasteiger partial charge < -0.3 is 4.74 Å². The van der Waals surface area contributed by atoms with E-state index >= 15 is 0 Å². The van der Waals surface area contributed by atoms with Crippen LogP contribution in [0.3, 0.4) is 0 Å². The van der Waals surface area contributed by atoms with Crippen molar-refractivity contribution in [2.45, 2.75) is 31.7 Å². The fraction of sp³-hybridized carbons (Fsp3) is 0.240. The molecule has 2 heterocycles. The van der Waals surface area contributed by atoms with Gasteiger partial charge in [-0.05, 0) is 66.9 Å². The van der Waals surface area contributed by atoms with E-state index in [9.17, 15) is 13.2 Å². The minimum Gasteiger partial charge on any atom is -0.497 e. The third kappa shape index (κ3) is 5.10. The number of hydrogen-bond donors (Lipinski definition) is 0. The molecule has 0 bridgehead atoms. The van der Waals surface area contributed by atoms with Crippen LogP contribution >= 0.6 is 11.3 Å². The maximum atomic E-state index is 13.4. The maximum absolute atomic E-state index is 13.4. The van der Waals surface area contributed by atoms with E-state index < -0.39 is 9.84 Å². The van der Waals surface area contributed by atoms with Gasteiger partial charge in [0.05, 0.1) is 34.5 Å². The van der Waals surface area contributed by atoms with Crippen molar-refractivity contribution in [3.05, 3.63) is 77.6 Å². The Hall–Kier alpha value is -3.30. The van der Waals surface area contributed by atoms with E-state index in [0.717, 1.165) is 26.9 Å². The highest BCUT2D eigenvalue weighted by molar-refractivity contribution is 7.91. The molecule has 2 aromatic heterocycles. The number of thiazole rings is 1. The van der Waals surface area contributed by atoms with Gasteiger partial charge in [-0.1, -0.05) is 23.5 Å². The molecule has 9 heteroatoms. The van der Waals surface area contributed by atoms with Gasteiger partial charge in [-0.3, -0.25) is 14.7 Å². The molecule has 0 saturated heterocycles. The Morgan fingerprint density at radius 2 is 1.68 bits per heavy atom. The van der Waals surface area contributed by atoms with E-state index in [2.05, 4.69) is 4.98 Å². The lowest BCUT2D eigenvalue weighted by atomic mass is 10.1. The Balaban J connectivity index is 1.61. The Labute approximate surface area is 203 Å². The zero-order valence-electron chi connectivity index (χ0n) is 19.2. The first-order chi connectivity index (χ1) is 16.3. The highest BCUT2D eigenvalue weighted by atomic mass is 32.2. The van der Waals surface area contributed by atoms with Gasteiger partial charge in [-0.15, -0.1) is 0 Å². The Morgan fingerprint density at radius 3 is 2.32 bits per heavy atom. The predicted molar refractivity (Wildman–Crippen MR) is 134 cm³/mol. The van der Waals surface area contributed by atoms with E-state index in [1.54, 1.807) is 29.4 Å². The van der Waals surface area contributed by atoms with Crippen LogP contribution in [0.15, 0.2) is 65.8 Å². The van der Waals surface area contributed by atoms with Gasteiger partial charge in [0.25, 0.3) is 0 Å². The molecule has 4 aromatic rings. The number of sulfone groups is 1. The highest BCUT2D eigenvalue weighted by Gasteiger charge is 2.24. The van der Waals surface area contributed by atoms with Gasteiger partial charge in [0.2, 0.25) is 5.91 Å². The summed E-state index contributed by atoms with van der Waals surface area (Å²) in [5.74, 6) is -0.0308. The summed E-state index contributed by atoms with van der Waals surface area (Å²) in [5.41, 5.74) is 3.86. The molecule has 2 aromatic carbocycles. The van der Waals surface area contributed by atoms with Crippen LogP contribution in [-0.4, -0.2) is 37.2 Å². The molecule has 0 saturated carbocycles. The number of carbonyl (C=O) groups excluding carboxylic acids is 1. The summed E-state index contributed by atoms with van der Waals surface area (Å²) in [5, 5.41) is 0.552. The molecule has 0 unspecified atom stereocenters. The van der Waals surface area contributed by atoms with Gasteiger partial charge >= 0.3 is 0 Å². The monoisotopic (exact) mass is 495 g/mol. The van der Waals surface area contributed by atoms with Crippen molar-refractivity contribution < 1.29 is 17.9 Å². The molecule has 0 aliphatic heterocycles. The van der Waals surface area contributed by atoms with Crippen LogP contribution < -0.4 is 9.64 Å². The van der Waals surface area contributed by atoms with Crippen LogP contribution in [0.1, 0.15) is 23.1 Å². The zero-order valence-corrected chi connectivity index (χ0v) is 20.8. The smallest absolute Gasteiger partial charge is 0.230 e. The molecule has 0 aliphatic rings. The number of carbonyl (C=O) groups is 1. The van der Waals surface area contributed by atoms with E-state index in [0.29, 0.717) is 10.9 Å². The van der Waals surface area contributed by atoms with Gasteiger partial charge in [-0.2, -0.15) is 0 Å². The number of ether oxygens (including phenoxy) is 1. The number of nitrogens with zero attached hydrogens (tertiary/aromatic N) is 3. The normalized spacial score (nSPS) is 11.5. The number of aromatic nitrogens is 2. The lowest BCUT2D eigenvalue weighted by molar-refractivity contribution is -0.118. The van der Waals surface area contributed by atoms with Crippen molar-refractivity contribution >= 4 is 42.4 Å². The fourth-order valence-electron chi connectivity index (χ4n) is 3.55. The quantitative estimate of drug-likeness (QED) is 0.352. The van der Waals surface area contributed by atoms with Crippen LogP contribution in [0.2, 0.25) is 0 Å². The van der Waals surface area contributed by atoms with Crippen LogP contribution in [0.5, 0.6) is 5.75 Å². The lowest BCUT2D eigenvalue weighted by Gasteiger charge is -2.20. The standard InChI is InChI=1S/C25H25N3O4S2/c1-17-4-5-18(2)24-23(17)27-25(33-24)28(16-19-10-13-26-14-11-19)22(29)12-15-34(30,31)21-8-6-20(32-3)7-9-21/h4-11,13-14H,12,15-16H2,1-3H3. The van der Waals surface area contributed by atoms with Crippen molar-refractivity contribution in [1.29, 1.82) is 0 Å². The first-order valence-corrected chi connectivity index (χ1v) is 13.2. The summed E-state index contributed by atoms with van der Waals surface area (Å²) in [4.78, 5) is 23.9. The Kier molecular flexibility index (Phi) is 6.95. The molecule has 34 heavy (non-hydrogen) atoms. The summed E-state index contributed by atoms with van der Waals surface area (Å²) in [6.45, 7) is 4.28. The summed E-state index contributed by atoms with van der Waals surface area (Å²) < 4.78 is 31.8. The first-order valence-electron chi connectivity index (χ1n) is 10.7. The number of hydrogen-bond acceptors (Lipinski definition) is 7. The number of fused-ring (bicyclic) bond motifs is 1. The van der Waals surface area contributed by atoms with Crippen molar-refractivity contribution in [3.63, 3.8) is 0 Å². The van der Waals surface area contributed by atoms with Crippen LogP contribution in [-0.2, 0) is 21.2 Å². The van der Waals surface area contributed by atoms with Crippen molar-refractivity contribution in [3.8, 4) is 5.75 Å². The first kappa shape index (κ1) is 23.8. The summed E-state index contributed by atoms with van der Waals surface area (Å²) in [7, 11) is -2.12.